The molecule has 0 saturated heterocycles. The van der Waals surface area contributed by atoms with Gasteiger partial charge in [0.2, 0.25) is 5.91 Å². The lowest BCUT2D eigenvalue weighted by Crippen LogP contribution is -2.18. The molecule has 0 aliphatic rings. The van der Waals surface area contributed by atoms with E-state index < -0.39 is 34.0 Å². The molecular weight excluding hydrogens is 574 g/mol. The first-order valence-electron chi connectivity index (χ1n) is 9.76. The van der Waals surface area contributed by atoms with Gasteiger partial charge in [0.1, 0.15) is 0 Å². The van der Waals surface area contributed by atoms with E-state index in [1.807, 2.05) is 0 Å². The summed E-state index contributed by atoms with van der Waals surface area (Å²) in [6.45, 7) is 0. The number of nitrogens with one attached hydrogen (secondary N) is 2. The number of thioether (sulfide) groups is 1. The summed E-state index contributed by atoms with van der Waals surface area (Å²) in [5.41, 5.74) is -0.382. The van der Waals surface area contributed by atoms with Gasteiger partial charge in [0.25, 0.3) is 5.91 Å². The molecule has 0 aliphatic heterocycles. The molecule has 0 fully saturated rings. The highest BCUT2D eigenvalue weighted by Crippen LogP contribution is 2.41. The highest BCUT2D eigenvalue weighted by molar-refractivity contribution is 8.00. The van der Waals surface area contributed by atoms with Crippen LogP contribution in [0.25, 0.3) is 0 Å². The molecular formula is C23H14Cl4N2O6S. The number of halogens is 4. The van der Waals surface area contributed by atoms with Crippen molar-refractivity contribution in [3.8, 4) is 0 Å². The number of amides is 2. The number of carboxylic acids is 2. The van der Waals surface area contributed by atoms with E-state index in [4.69, 9.17) is 51.5 Å². The Labute approximate surface area is 228 Å². The second-order valence-corrected chi connectivity index (χ2v) is 9.58. The van der Waals surface area contributed by atoms with Crippen molar-refractivity contribution >= 4 is 93.3 Å². The van der Waals surface area contributed by atoms with Gasteiger partial charge in [-0.15, -0.1) is 11.8 Å². The molecule has 0 atom stereocenters. The van der Waals surface area contributed by atoms with E-state index in [9.17, 15) is 24.3 Å². The average Bonchev–Trinajstić information content (AvgIpc) is 2.83. The van der Waals surface area contributed by atoms with Crippen molar-refractivity contribution in [1.82, 2.24) is 0 Å². The molecule has 3 aromatic rings. The van der Waals surface area contributed by atoms with Crippen LogP contribution < -0.4 is 10.6 Å². The fourth-order valence-corrected chi connectivity index (χ4v) is 4.75. The van der Waals surface area contributed by atoms with E-state index in [0.717, 1.165) is 11.8 Å². The van der Waals surface area contributed by atoms with Crippen LogP contribution in [0.5, 0.6) is 0 Å². The average molecular weight is 588 g/mol. The summed E-state index contributed by atoms with van der Waals surface area (Å²) in [5.74, 6) is -3.89. The summed E-state index contributed by atoms with van der Waals surface area (Å²) in [5, 5.41) is 22.4. The Bertz CT molecular complexity index is 1400. The molecule has 0 spiro atoms. The van der Waals surface area contributed by atoms with Crippen LogP contribution in [0.2, 0.25) is 20.1 Å². The molecule has 0 aromatic heterocycles. The minimum Gasteiger partial charge on any atom is -0.478 e. The first-order chi connectivity index (χ1) is 17.0. The fourth-order valence-electron chi connectivity index (χ4n) is 2.98. The van der Waals surface area contributed by atoms with Crippen molar-refractivity contribution in [1.29, 1.82) is 0 Å². The van der Waals surface area contributed by atoms with Crippen LogP contribution in [0.4, 0.5) is 11.4 Å². The summed E-state index contributed by atoms with van der Waals surface area (Å²) in [7, 11) is 0. The molecule has 0 bridgehead atoms. The summed E-state index contributed by atoms with van der Waals surface area (Å²) < 4.78 is 0. The lowest BCUT2D eigenvalue weighted by atomic mass is 10.1. The Kier molecular flexibility index (Phi) is 9.10. The minimum atomic E-state index is -1.52. The quantitative estimate of drug-likeness (QED) is 0.131. The summed E-state index contributed by atoms with van der Waals surface area (Å²) >= 11 is 25.2. The maximum absolute atomic E-state index is 12.9. The van der Waals surface area contributed by atoms with Crippen LogP contribution in [0, 0.1) is 0 Å². The number of hydrogen-bond donors (Lipinski definition) is 4. The van der Waals surface area contributed by atoms with Gasteiger partial charge in [-0.1, -0.05) is 58.5 Å². The Morgan fingerprint density at radius 3 is 1.92 bits per heavy atom. The maximum atomic E-state index is 12.9. The molecule has 186 valence electrons. The van der Waals surface area contributed by atoms with Crippen molar-refractivity contribution in [2.75, 3.05) is 16.4 Å². The number of rotatable bonds is 8. The van der Waals surface area contributed by atoms with Crippen LogP contribution in [0.15, 0.2) is 53.4 Å². The highest BCUT2D eigenvalue weighted by atomic mass is 35.5. The molecule has 4 N–H and O–H groups in total. The zero-order valence-corrected chi connectivity index (χ0v) is 21.6. The van der Waals surface area contributed by atoms with Gasteiger partial charge in [0.05, 0.1) is 42.5 Å². The van der Waals surface area contributed by atoms with Gasteiger partial charge >= 0.3 is 11.9 Å². The number of benzene rings is 3. The van der Waals surface area contributed by atoms with Crippen LogP contribution in [0.1, 0.15) is 31.1 Å². The number of anilines is 2. The zero-order valence-electron chi connectivity index (χ0n) is 17.8. The summed E-state index contributed by atoms with van der Waals surface area (Å²) in [4.78, 5) is 48.6. The van der Waals surface area contributed by atoms with Crippen LogP contribution >= 0.6 is 58.2 Å². The standard InChI is InChI=1S/C23H14Cl4N2O6S/c24-17-15(16(23(34)35)18(25)20(27)19(17)26)21(31)29-12-5-2-6-13(8-12)36-9-14(30)28-11-4-1-3-10(7-11)22(32)33/h1-8H,9H2,(H,28,30)(H,29,31)(H,32,33)(H,34,35). The molecule has 2 amide bonds. The van der Waals surface area contributed by atoms with Crippen molar-refractivity contribution in [2.24, 2.45) is 0 Å². The molecule has 8 nitrogen and oxygen atoms in total. The Morgan fingerprint density at radius 2 is 1.31 bits per heavy atom. The van der Waals surface area contributed by atoms with E-state index in [0.29, 0.717) is 10.6 Å². The largest absolute Gasteiger partial charge is 0.478 e. The Morgan fingerprint density at radius 1 is 0.722 bits per heavy atom. The van der Waals surface area contributed by atoms with Gasteiger partial charge in [-0.05, 0) is 36.4 Å². The van der Waals surface area contributed by atoms with Crippen molar-refractivity contribution in [3.63, 3.8) is 0 Å². The minimum absolute atomic E-state index is 0.00785. The molecule has 0 unspecified atom stereocenters. The van der Waals surface area contributed by atoms with E-state index in [1.54, 1.807) is 30.3 Å². The van der Waals surface area contributed by atoms with E-state index in [2.05, 4.69) is 10.6 Å². The maximum Gasteiger partial charge on any atom is 0.338 e. The van der Waals surface area contributed by atoms with Crippen LogP contribution in [-0.4, -0.2) is 39.7 Å². The molecule has 3 rings (SSSR count). The number of carboxylic acid groups (broad SMARTS) is 2. The molecule has 0 aliphatic carbocycles. The first kappa shape index (κ1) is 27.6. The topological polar surface area (TPSA) is 133 Å². The molecule has 0 saturated carbocycles. The number of carbonyl (C=O) groups excluding carboxylic acids is 2. The van der Waals surface area contributed by atoms with Crippen LogP contribution in [-0.2, 0) is 4.79 Å². The van der Waals surface area contributed by atoms with E-state index >= 15 is 0 Å². The van der Waals surface area contributed by atoms with Gasteiger partial charge in [0.15, 0.2) is 0 Å². The monoisotopic (exact) mass is 586 g/mol. The predicted molar refractivity (Wildman–Crippen MR) is 141 cm³/mol. The first-order valence-corrected chi connectivity index (χ1v) is 12.3. The number of hydrogen-bond acceptors (Lipinski definition) is 5. The van der Waals surface area contributed by atoms with Crippen molar-refractivity contribution in [2.45, 2.75) is 4.90 Å². The van der Waals surface area contributed by atoms with E-state index in [1.165, 1.54) is 18.2 Å². The van der Waals surface area contributed by atoms with Gasteiger partial charge in [-0.3, -0.25) is 9.59 Å². The summed E-state index contributed by atoms with van der Waals surface area (Å²) in [6.07, 6.45) is 0. The smallest absolute Gasteiger partial charge is 0.338 e. The lowest BCUT2D eigenvalue weighted by Gasteiger charge is -2.14. The molecule has 3 aromatic carbocycles. The number of aromatic carboxylic acids is 2. The molecule has 13 heteroatoms. The predicted octanol–water partition coefficient (Wildman–Crippen LogP) is 6.68. The fraction of sp³-hybridized carbons (Fsp3) is 0.0435. The van der Waals surface area contributed by atoms with Crippen molar-refractivity contribution in [3.05, 3.63) is 85.3 Å². The molecule has 0 radical (unpaired) electrons. The van der Waals surface area contributed by atoms with E-state index in [-0.39, 0.29) is 38.0 Å². The SMILES string of the molecule is O=C(CSc1cccc(NC(=O)c2c(Cl)c(Cl)c(Cl)c(Cl)c2C(=O)O)c1)Nc1cccc(C(=O)O)c1. The second kappa shape index (κ2) is 11.9. The Balaban J connectivity index is 1.72. The second-order valence-electron chi connectivity index (χ2n) is 7.02. The zero-order chi connectivity index (χ0) is 26.6. The molecule has 36 heavy (non-hydrogen) atoms. The summed E-state index contributed by atoms with van der Waals surface area (Å²) in [6, 6.07) is 12.3. The normalized spacial score (nSPS) is 10.6. The Hall–Kier alpha value is -2.95. The third-order valence-corrected chi connectivity index (χ3v) is 7.36. The van der Waals surface area contributed by atoms with Crippen molar-refractivity contribution < 1.29 is 29.4 Å². The number of carbonyl (C=O) groups is 4. The lowest BCUT2D eigenvalue weighted by molar-refractivity contribution is -0.113. The van der Waals surface area contributed by atoms with Crippen LogP contribution in [0.3, 0.4) is 0 Å². The molecule has 0 heterocycles. The van der Waals surface area contributed by atoms with Gasteiger partial charge < -0.3 is 20.8 Å². The highest BCUT2D eigenvalue weighted by Gasteiger charge is 2.29. The van der Waals surface area contributed by atoms with Gasteiger partial charge in [0, 0.05) is 16.3 Å². The third kappa shape index (κ3) is 6.43. The van der Waals surface area contributed by atoms with Gasteiger partial charge in [-0.25, -0.2) is 9.59 Å². The third-order valence-electron chi connectivity index (χ3n) is 4.56. The van der Waals surface area contributed by atoms with Gasteiger partial charge in [-0.2, -0.15) is 0 Å².